The van der Waals surface area contributed by atoms with Gasteiger partial charge in [-0.25, -0.2) is 4.98 Å². The molecule has 3 amide bonds. The second-order valence-corrected chi connectivity index (χ2v) is 14.2. The summed E-state index contributed by atoms with van der Waals surface area (Å²) in [6.45, 7) is 12.4. The van der Waals surface area contributed by atoms with E-state index in [4.69, 9.17) is 0 Å². The number of nitrogens with one attached hydrogen (secondary N) is 1. The van der Waals surface area contributed by atoms with E-state index in [0.29, 0.717) is 18.0 Å². The lowest BCUT2D eigenvalue weighted by atomic mass is 9.84. The van der Waals surface area contributed by atoms with E-state index in [1.807, 2.05) is 63.5 Å². The number of thiazole rings is 1. The molecule has 9 heteroatoms. The highest BCUT2D eigenvalue weighted by atomic mass is 32.1. The van der Waals surface area contributed by atoms with Crippen LogP contribution >= 0.6 is 11.3 Å². The topological polar surface area (TPSA) is 103 Å². The Morgan fingerprint density at radius 1 is 1.12 bits per heavy atom. The number of fused-ring (bicyclic) bond motifs is 1. The standard InChI is InChI=1S/C34H42N4O4S/c1-20(2)15-27(22-11-13-23(14-12-22)29-21(3)35-19-43-29)36-31(40)28-16-25(39)18-37(28)33(42)30(34(4,5)6)38-17-24-9-7-8-10-26(24)32(38)41/h7-14,19-20,25,27-28,30,39H,15-18H2,1-6H3,(H,36,40)/t25-,27+,28?,30-/m1/s1. The Morgan fingerprint density at radius 3 is 2.42 bits per heavy atom. The molecular formula is C34H42N4O4S. The van der Waals surface area contributed by atoms with Crippen molar-refractivity contribution < 1.29 is 19.5 Å². The van der Waals surface area contributed by atoms with E-state index in [9.17, 15) is 19.5 Å². The molecule has 3 heterocycles. The van der Waals surface area contributed by atoms with Crippen LogP contribution in [0.1, 0.15) is 80.7 Å². The van der Waals surface area contributed by atoms with Crippen molar-refractivity contribution in [2.75, 3.05) is 6.54 Å². The fourth-order valence-electron chi connectivity index (χ4n) is 6.38. The summed E-state index contributed by atoms with van der Waals surface area (Å²) in [7, 11) is 0. The average Bonchev–Trinajstić information content (AvgIpc) is 3.64. The summed E-state index contributed by atoms with van der Waals surface area (Å²) in [5.74, 6) is -0.469. The Balaban J connectivity index is 1.37. The molecule has 0 aliphatic carbocycles. The van der Waals surface area contributed by atoms with Gasteiger partial charge in [0.2, 0.25) is 11.8 Å². The van der Waals surface area contributed by atoms with Crippen LogP contribution in [-0.4, -0.2) is 62.3 Å². The molecule has 5 rings (SSSR count). The van der Waals surface area contributed by atoms with Crippen molar-refractivity contribution in [3.05, 3.63) is 76.4 Å². The number of benzene rings is 2. The molecule has 8 nitrogen and oxygen atoms in total. The minimum absolute atomic E-state index is 0.0518. The van der Waals surface area contributed by atoms with Gasteiger partial charge in [0.1, 0.15) is 12.1 Å². The molecule has 0 saturated carbocycles. The quantitative estimate of drug-likeness (QED) is 0.362. The molecule has 1 unspecified atom stereocenters. The number of nitrogens with zero attached hydrogens (tertiary/aromatic N) is 3. The fraction of sp³-hybridized carbons (Fsp3) is 0.471. The number of aliphatic hydroxyl groups excluding tert-OH is 1. The van der Waals surface area contributed by atoms with Gasteiger partial charge in [0, 0.05) is 25.1 Å². The molecule has 228 valence electrons. The number of aromatic nitrogens is 1. The van der Waals surface area contributed by atoms with Crippen LogP contribution in [0.3, 0.4) is 0 Å². The predicted octanol–water partition coefficient (Wildman–Crippen LogP) is 5.35. The first-order valence-corrected chi connectivity index (χ1v) is 15.9. The zero-order chi connectivity index (χ0) is 31.1. The minimum atomic E-state index is -0.832. The number of amides is 3. The number of aryl methyl sites for hydroxylation is 1. The third-order valence-corrected chi connectivity index (χ3v) is 9.40. The van der Waals surface area contributed by atoms with Gasteiger partial charge >= 0.3 is 0 Å². The van der Waals surface area contributed by atoms with E-state index in [-0.39, 0.29) is 36.7 Å². The van der Waals surface area contributed by atoms with E-state index in [1.54, 1.807) is 22.3 Å². The van der Waals surface area contributed by atoms with Gasteiger partial charge in [-0.05, 0) is 47.4 Å². The number of aliphatic hydroxyl groups is 1. The molecular weight excluding hydrogens is 560 g/mol. The van der Waals surface area contributed by atoms with Crippen LogP contribution in [0.5, 0.6) is 0 Å². The molecule has 0 bridgehead atoms. The molecule has 2 aromatic carbocycles. The molecule has 4 atom stereocenters. The monoisotopic (exact) mass is 602 g/mol. The van der Waals surface area contributed by atoms with Crippen LogP contribution in [0.25, 0.3) is 10.4 Å². The summed E-state index contributed by atoms with van der Waals surface area (Å²) in [5.41, 5.74) is 5.79. The normalized spacial score (nSPS) is 20.0. The Labute approximate surface area is 258 Å². The highest BCUT2D eigenvalue weighted by molar-refractivity contribution is 7.13. The van der Waals surface area contributed by atoms with Gasteiger partial charge in [0.15, 0.2) is 0 Å². The maximum Gasteiger partial charge on any atom is 0.255 e. The maximum atomic E-state index is 14.3. The predicted molar refractivity (Wildman–Crippen MR) is 168 cm³/mol. The second-order valence-electron chi connectivity index (χ2n) is 13.3. The smallest absolute Gasteiger partial charge is 0.255 e. The first kappa shape index (κ1) is 30.9. The number of carbonyl (C=O) groups excluding carboxylic acids is 3. The Morgan fingerprint density at radius 2 is 1.81 bits per heavy atom. The summed E-state index contributed by atoms with van der Waals surface area (Å²) in [6, 6.07) is 13.7. The SMILES string of the molecule is Cc1ncsc1-c1ccc([C@H](CC(C)C)NC(=O)C2C[C@@H](O)CN2C(=O)[C@@H](N2Cc3ccccc3C2=O)C(C)(C)C)cc1. The largest absolute Gasteiger partial charge is 0.391 e. The van der Waals surface area contributed by atoms with Crippen molar-refractivity contribution in [2.45, 2.75) is 85.2 Å². The molecule has 1 saturated heterocycles. The van der Waals surface area contributed by atoms with Gasteiger partial charge in [-0.3, -0.25) is 14.4 Å². The van der Waals surface area contributed by atoms with Gasteiger partial charge in [-0.15, -0.1) is 11.3 Å². The van der Waals surface area contributed by atoms with Crippen molar-refractivity contribution >= 4 is 29.1 Å². The van der Waals surface area contributed by atoms with Crippen LogP contribution in [0.15, 0.2) is 54.0 Å². The third-order valence-electron chi connectivity index (χ3n) is 8.42. The molecule has 1 fully saturated rings. The number of likely N-dealkylation sites (tertiary alicyclic amines) is 1. The van der Waals surface area contributed by atoms with Gasteiger partial charge in [0.25, 0.3) is 5.91 Å². The fourth-order valence-corrected chi connectivity index (χ4v) is 7.19. The van der Waals surface area contributed by atoms with Crippen molar-refractivity contribution in [1.29, 1.82) is 0 Å². The van der Waals surface area contributed by atoms with Gasteiger partial charge in [-0.1, -0.05) is 77.1 Å². The highest BCUT2D eigenvalue weighted by Crippen LogP contribution is 2.35. The van der Waals surface area contributed by atoms with Crippen molar-refractivity contribution in [3.8, 4) is 10.4 Å². The van der Waals surface area contributed by atoms with Crippen LogP contribution < -0.4 is 5.32 Å². The molecule has 0 radical (unpaired) electrons. The Kier molecular flexibility index (Phi) is 8.77. The van der Waals surface area contributed by atoms with Gasteiger partial charge < -0.3 is 20.2 Å². The average molecular weight is 603 g/mol. The first-order chi connectivity index (χ1) is 20.3. The van der Waals surface area contributed by atoms with Crippen molar-refractivity contribution in [1.82, 2.24) is 20.1 Å². The van der Waals surface area contributed by atoms with Gasteiger partial charge in [-0.2, -0.15) is 0 Å². The Bertz CT molecular complexity index is 1490. The zero-order valence-electron chi connectivity index (χ0n) is 25.8. The Hall–Kier alpha value is -3.56. The number of hydrogen-bond acceptors (Lipinski definition) is 6. The summed E-state index contributed by atoms with van der Waals surface area (Å²) >= 11 is 1.60. The number of rotatable bonds is 8. The summed E-state index contributed by atoms with van der Waals surface area (Å²) in [6.07, 6.45) is 0.0527. The van der Waals surface area contributed by atoms with E-state index < -0.39 is 23.6 Å². The third kappa shape index (κ3) is 6.38. The van der Waals surface area contributed by atoms with E-state index >= 15 is 0 Å². The van der Waals surface area contributed by atoms with Crippen LogP contribution in [0.4, 0.5) is 0 Å². The molecule has 2 aliphatic rings. The summed E-state index contributed by atoms with van der Waals surface area (Å²) in [4.78, 5) is 50.2. The second kappa shape index (κ2) is 12.2. The first-order valence-electron chi connectivity index (χ1n) is 15.0. The summed E-state index contributed by atoms with van der Waals surface area (Å²) in [5, 5.41) is 13.9. The van der Waals surface area contributed by atoms with Gasteiger partial charge in [0.05, 0.1) is 28.2 Å². The van der Waals surface area contributed by atoms with Crippen LogP contribution in [0, 0.1) is 18.3 Å². The van der Waals surface area contributed by atoms with Crippen molar-refractivity contribution in [3.63, 3.8) is 0 Å². The highest BCUT2D eigenvalue weighted by Gasteiger charge is 2.48. The number of carbonyl (C=O) groups is 3. The summed E-state index contributed by atoms with van der Waals surface area (Å²) < 4.78 is 0. The molecule has 3 aromatic rings. The zero-order valence-corrected chi connectivity index (χ0v) is 26.6. The van der Waals surface area contributed by atoms with Crippen LogP contribution in [0.2, 0.25) is 0 Å². The van der Waals surface area contributed by atoms with E-state index in [1.165, 1.54) is 4.90 Å². The maximum absolute atomic E-state index is 14.3. The van der Waals surface area contributed by atoms with E-state index in [2.05, 4.69) is 36.3 Å². The molecule has 0 spiro atoms. The lowest BCUT2D eigenvalue weighted by molar-refractivity contribution is -0.145. The number of hydrogen-bond donors (Lipinski definition) is 2. The minimum Gasteiger partial charge on any atom is -0.391 e. The molecule has 1 aromatic heterocycles. The lowest BCUT2D eigenvalue weighted by Crippen LogP contribution is -2.58. The molecule has 2 N–H and O–H groups in total. The van der Waals surface area contributed by atoms with E-state index in [0.717, 1.165) is 33.7 Å². The van der Waals surface area contributed by atoms with Crippen molar-refractivity contribution in [2.24, 2.45) is 11.3 Å². The lowest BCUT2D eigenvalue weighted by Gasteiger charge is -2.40. The van der Waals surface area contributed by atoms with Crippen LogP contribution in [-0.2, 0) is 16.1 Å². The molecule has 43 heavy (non-hydrogen) atoms. The molecule has 2 aliphatic heterocycles. The number of β-amino-alcohol motifs (C(OH)–C–C–N with tert-alkyl or cyclic N) is 1.